The summed E-state index contributed by atoms with van der Waals surface area (Å²) in [5.41, 5.74) is -1.21. The standard InChI is InChI=1S/C13H17ClFNO2S/c1-13(18,6-7-19-2)8-16-12(17)11-9(14)4-3-5-10(11)15/h3-5,18H,6-8H2,1-2H3,(H,16,17)/t13-/m0/s1. The van der Waals surface area contributed by atoms with E-state index in [1.807, 2.05) is 6.26 Å². The molecule has 0 spiro atoms. The quantitative estimate of drug-likeness (QED) is 0.849. The summed E-state index contributed by atoms with van der Waals surface area (Å²) in [5, 5.41) is 12.6. The number of aliphatic hydroxyl groups is 1. The second-order valence-electron chi connectivity index (χ2n) is 4.52. The number of halogens is 2. The molecule has 1 amide bonds. The van der Waals surface area contributed by atoms with Gasteiger partial charge in [0.2, 0.25) is 0 Å². The Morgan fingerprint density at radius 1 is 1.58 bits per heavy atom. The number of amides is 1. The molecule has 0 radical (unpaired) electrons. The van der Waals surface area contributed by atoms with Crippen molar-refractivity contribution < 1.29 is 14.3 Å². The first-order valence-corrected chi connectivity index (χ1v) is 7.58. The summed E-state index contributed by atoms with van der Waals surface area (Å²) in [6.45, 7) is 1.68. The van der Waals surface area contributed by atoms with E-state index in [9.17, 15) is 14.3 Å². The van der Waals surface area contributed by atoms with Gasteiger partial charge >= 0.3 is 0 Å². The first kappa shape index (κ1) is 16.3. The monoisotopic (exact) mass is 305 g/mol. The van der Waals surface area contributed by atoms with Gasteiger partial charge in [-0.1, -0.05) is 17.7 Å². The topological polar surface area (TPSA) is 49.3 Å². The van der Waals surface area contributed by atoms with Gasteiger partial charge in [-0.3, -0.25) is 4.79 Å². The highest BCUT2D eigenvalue weighted by molar-refractivity contribution is 7.98. The molecule has 106 valence electrons. The van der Waals surface area contributed by atoms with Crippen LogP contribution in [0.2, 0.25) is 5.02 Å². The smallest absolute Gasteiger partial charge is 0.255 e. The predicted octanol–water partition coefficient (Wildman–Crippen LogP) is 2.71. The molecule has 3 nitrogen and oxygen atoms in total. The van der Waals surface area contributed by atoms with E-state index in [1.54, 1.807) is 18.7 Å². The van der Waals surface area contributed by atoms with Crippen LogP contribution in [-0.4, -0.2) is 35.2 Å². The first-order chi connectivity index (χ1) is 8.87. The fraction of sp³-hybridized carbons (Fsp3) is 0.462. The van der Waals surface area contributed by atoms with Crippen molar-refractivity contribution in [3.8, 4) is 0 Å². The van der Waals surface area contributed by atoms with Crippen molar-refractivity contribution in [2.24, 2.45) is 0 Å². The van der Waals surface area contributed by atoms with Gasteiger partial charge in [0.25, 0.3) is 5.91 Å². The second-order valence-corrected chi connectivity index (χ2v) is 5.91. The number of carbonyl (C=O) groups excluding carboxylic acids is 1. The number of hydrogen-bond acceptors (Lipinski definition) is 3. The molecule has 1 aromatic carbocycles. The third-order valence-corrected chi connectivity index (χ3v) is 3.59. The zero-order valence-electron chi connectivity index (χ0n) is 10.9. The minimum absolute atomic E-state index is 0.0526. The van der Waals surface area contributed by atoms with E-state index in [4.69, 9.17) is 11.6 Å². The predicted molar refractivity (Wildman–Crippen MR) is 77.4 cm³/mol. The highest BCUT2D eigenvalue weighted by atomic mass is 35.5. The van der Waals surface area contributed by atoms with Crippen molar-refractivity contribution >= 4 is 29.3 Å². The van der Waals surface area contributed by atoms with Crippen LogP contribution in [0.25, 0.3) is 0 Å². The van der Waals surface area contributed by atoms with Gasteiger partial charge < -0.3 is 10.4 Å². The Hall–Kier alpha value is -0.780. The number of carbonyl (C=O) groups is 1. The maximum atomic E-state index is 13.5. The van der Waals surface area contributed by atoms with Crippen LogP contribution in [0.4, 0.5) is 4.39 Å². The van der Waals surface area contributed by atoms with Crippen molar-refractivity contribution in [1.29, 1.82) is 0 Å². The van der Waals surface area contributed by atoms with Crippen LogP contribution in [0.15, 0.2) is 18.2 Å². The van der Waals surface area contributed by atoms with Crippen LogP contribution < -0.4 is 5.32 Å². The maximum Gasteiger partial charge on any atom is 0.255 e. The molecule has 6 heteroatoms. The van der Waals surface area contributed by atoms with Crippen molar-refractivity contribution in [3.05, 3.63) is 34.6 Å². The average Bonchev–Trinajstić information content (AvgIpc) is 2.34. The number of hydrogen-bond donors (Lipinski definition) is 2. The highest BCUT2D eigenvalue weighted by Crippen LogP contribution is 2.19. The molecule has 0 saturated carbocycles. The van der Waals surface area contributed by atoms with E-state index in [-0.39, 0.29) is 17.1 Å². The zero-order valence-corrected chi connectivity index (χ0v) is 12.4. The molecule has 0 fully saturated rings. The summed E-state index contributed by atoms with van der Waals surface area (Å²) < 4.78 is 13.5. The summed E-state index contributed by atoms with van der Waals surface area (Å²) in [6, 6.07) is 4.06. The van der Waals surface area contributed by atoms with Crippen LogP contribution in [0.1, 0.15) is 23.7 Å². The molecule has 2 N–H and O–H groups in total. The minimum atomic E-state index is -1.02. The normalized spacial score (nSPS) is 13.9. The van der Waals surface area contributed by atoms with E-state index >= 15 is 0 Å². The molecular formula is C13H17ClFNO2S. The third-order valence-electron chi connectivity index (χ3n) is 2.66. The van der Waals surface area contributed by atoms with Gasteiger partial charge in [0.05, 0.1) is 16.2 Å². The van der Waals surface area contributed by atoms with E-state index in [1.165, 1.54) is 18.2 Å². The minimum Gasteiger partial charge on any atom is -0.388 e. The first-order valence-electron chi connectivity index (χ1n) is 5.81. The Bertz CT molecular complexity index is 434. The van der Waals surface area contributed by atoms with E-state index < -0.39 is 17.3 Å². The Morgan fingerprint density at radius 3 is 2.84 bits per heavy atom. The van der Waals surface area contributed by atoms with Crippen molar-refractivity contribution in [3.63, 3.8) is 0 Å². The van der Waals surface area contributed by atoms with Gasteiger partial charge in [0.1, 0.15) is 5.82 Å². The molecule has 1 rings (SSSR count). The van der Waals surface area contributed by atoms with Crippen molar-refractivity contribution in [2.45, 2.75) is 18.9 Å². The van der Waals surface area contributed by atoms with Gasteiger partial charge in [-0.25, -0.2) is 4.39 Å². The van der Waals surface area contributed by atoms with Crippen molar-refractivity contribution in [1.82, 2.24) is 5.32 Å². The van der Waals surface area contributed by atoms with Gasteiger partial charge in [-0.2, -0.15) is 11.8 Å². The largest absolute Gasteiger partial charge is 0.388 e. The SMILES string of the molecule is CSCC[C@](C)(O)CNC(=O)c1c(F)cccc1Cl. The molecule has 1 atom stereocenters. The van der Waals surface area contributed by atoms with Gasteiger partial charge in [-0.15, -0.1) is 0 Å². The van der Waals surface area contributed by atoms with Crippen LogP contribution in [-0.2, 0) is 0 Å². The lowest BCUT2D eigenvalue weighted by atomic mass is 10.0. The summed E-state index contributed by atoms with van der Waals surface area (Å²) in [4.78, 5) is 11.9. The van der Waals surface area contributed by atoms with Gasteiger partial charge in [0.15, 0.2) is 0 Å². The number of benzene rings is 1. The molecular weight excluding hydrogens is 289 g/mol. The Kier molecular flexibility index (Phi) is 6.10. The molecule has 19 heavy (non-hydrogen) atoms. The summed E-state index contributed by atoms with van der Waals surface area (Å²) >= 11 is 7.40. The lowest BCUT2D eigenvalue weighted by Crippen LogP contribution is -2.41. The fourth-order valence-corrected chi connectivity index (χ4v) is 2.38. The summed E-state index contributed by atoms with van der Waals surface area (Å²) in [7, 11) is 0. The van der Waals surface area contributed by atoms with E-state index in [0.717, 1.165) is 5.75 Å². The molecule has 0 bridgehead atoms. The van der Waals surface area contributed by atoms with Crippen LogP contribution in [0.5, 0.6) is 0 Å². The van der Waals surface area contributed by atoms with Crippen LogP contribution in [0.3, 0.4) is 0 Å². The lowest BCUT2D eigenvalue weighted by Gasteiger charge is -2.23. The summed E-state index contributed by atoms with van der Waals surface area (Å²) in [6.07, 6.45) is 2.48. The highest BCUT2D eigenvalue weighted by Gasteiger charge is 2.22. The molecule has 0 aromatic heterocycles. The number of thioether (sulfide) groups is 1. The molecule has 0 unspecified atom stereocenters. The van der Waals surface area contributed by atoms with Crippen molar-refractivity contribution in [2.75, 3.05) is 18.6 Å². The Morgan fingerprint density at radius 2 is 2.26 bits per heavy atom. The van der Waals surface area contributed by atoms with Crippen LogP contribution >= 0.6 is 23.4 Å². The fourth-order valence-electron chi connectivity index (χ4n) is 1.48. The van der Waals surface area contributed by atoms with E-state index in [2.05, 4.69) is 5.32 Å². The number of nitrogens with one attached hydrogen (secondary N) is 1. The molecule has 0 aliphatic rings. The lowest BCUT2D eigenvalue weighted by molar-refractivity contribution is 0.0527. The van der Waals surface area contributed by atoms with Gasteiger partial charge in [-0.05, 0) is 37.5 Å². The van der Waals surface area contributed by atoms with Crippen LogP contribution in [0, 0.1) is 5.82 Å². The second kappa shape index (κ2) is 7.12. The van der Waals surface area contributed by atoms with E-state index in [0.29, 0.717) is 6.42 Å². The average molecular weight is 306 g/mol. The maximum absolute atomic E-state index is 13.5. The molecule has 0 heterocycles. The molecule has 0 aliphatic heterocycles. The number of rotatable bonds is 6. The third kappa shape index (κ3) is 5.01. The Labute approximate surface area is 121 Å². The molecule has 0 aliphatic carbocycles. The van der Waals surface area contributed by atoms with Gasteiger partial charge in [0, 0.05) is 6.54 Å². The molecule has 0 saturated heterocycles. The Balaban J connectivity index is 2.66. The zero-order chi connectivity index (χ0) is 14.5. The molecule has 1 aromatic rings. The summed E-state index contributed by atoms with van der Waals surface area (Å²) in [5.74, 6) is -0.509.